The van der Waals surface area contributed by atoms with E-state index in [0.29, 0.717) is 10.8 Å². The molecule has 1 aliphatic rings. The lowest BCUT2D eigenvalue weighted by molar-refractivity contribution is 0.458. The van der Waals surface area contributed by atoms with E-state index in [2.05, 4.69) is 70.5 Å². The van der Waals surface area contributed by atoms with Crippen molar-refractivity contribution in [2.45, 2.75) is 49.8 Å². The standard InChI is InChI=1S/C16H24BrNS/c1-3-15(13-6-8-14(17)9-7-13)18-12-16(19-2)10-4-5-11-16/h6-9,15,18H,3-5,10-12H2,1-2H3. The highest BCUT2D eigenvalue weighted by atomic mass is 79.9. The molecular formula is C16H24BrNS. The molecule has 1 atom stereocenters. The minimum atomic E-state index is 0.484. The van der Waals surface area contributed by atoms with Gasteiger partial charge in [0.25, 0.3) is 0 Å². The third-order valence-corrected chi connectivity index (χ3v) is 6.25. The van der Waals surface area contributed by atoms with Crippen molar-refractivity contribution in [1.82, 2.24) is 5.32 Å². The normalized spacial score (nSPS) is 19.5. The summed E-state index contributed by atoms with van der Waals surface area (Å²) in [6.45, 7) is 3.41. The van der Waals surface area contributed by atoms with E-state index in [1.807, 2.05) is 0 Å². The molecule has 3 heteroatoms. The largest absolute Gasteiger partial charge is 0.309 e. The summed E-state index contributed by atoms with van der Waals surface area (Å²) in [4.78, 5) is 0. The second-order valence-corrected chi connectivity index (χ2v) is 7.68. The number of nitrogens with one attached hydrogen (secondary N) is 1. The zero-order valence-corrected chi connectivity index (χ0v) is 14.3. The van der Waals surface area contributed by atoms with E-state index in [9.17, 15) is 0 Å². The molecule has 106 valence electrons. The Labute approximate surface area is 130 Å². The molecule has 0 bridgehead atoms. The van der Waals surface area contributed by atoms with Crippen LogP contribution < -0.4 is 5.32 Å². The van der Waals surface area contributed by atoms with Crippen LogP contribution in [-0.2, 0) is 0 Å². The fraction of sp³-hybridized carbons (Fsp3) is 0.625. The van der Waals surface area contributed by atoms with E-state index >= 15 is 0 Å². The van der Waals surface area contributed by atoms with E-state index in [-0.39, 0.29) is 0 Å². The van der Waals surface area contributed by atoms with Gasteiger partial charge in [-0.15, -0.1) is 0 Å². The van der Waals surface area contributed by atoms with Gasteiger partial charge >= 0.3 is 0 Å². The average Bonchev–Trinajstić information content (AvgIpc) is 2.91. The molecule has 2 rings (SSSR count). The topological polar surface area (TPSA) is 12.0 Å². The number of halogens is 1. The Morgan fingerprint density at radius 2 is 1.89 bits per heavy atom. The zero-order valence-electron chi connectivity index (χ0n) is 11.9. The minimum Gasteiger partial charge on any atom is -0.309 e. The van der Waals surface area contributed by atoms with Crippen LogP contribution in [0.15, 0.2) is 28.7 Å². The van der Waals surface area contributed by atoms with E-state index in [4.69, 9.17) is 0 Å². The second kappa shape index (κ2) is 7.14. The molecule has 0 aromatic heterocycles. The molecule has 0 heterocycles. The molecule has 0 amide bonds. The Kier molecular flexibility index (Phi) is 5.79. The van der Waals surface area contributed by atoms with Crippen LogP contribution in [0.1, 0.15) is 50.6 Å². The van der Waals surface area contributed by atoms with Crippen LogP contribution in [0.4, 0.5) is 0 Å². The maximum Gasteiger partial charge on any atom is 0.0318 e. The summed E-state index contributed by atoms with van der Waals surface area (Å²) in [6.07, 6.45) is 8.96. The number of benzene rings is 1. The van der Waals surface area contributed by atoms with Crippen molar-refractivity contribution in [3.63, 3.8) is 0 Å². The highest BCUT2D eigenvalue weighted by Crippen LogP contribution is 2.40. The molecule has 1 saturated carbocycles. The van der Waals surface area contributed by atoms with Crippen molar-refractivity contribution in [2.75, 3.05) is 12.8 Å². The molecule has 19 heavy (non-hydrogen) atoms. The minimum absolute atomic E-state index is 0.484. The molecule has 0 aliphatic heterocycles. The van der Waals surface area contributed by atoms with Gasteiger partial charge in [-0.2, -0.15) is 11.8 Å². The van der Waals surface area contributed by atoms with Crippen molar-refractivity contribution in [2.24, 2.45) is 0 Å². The van der Waals surface area contributed by atoms with Gasteiger partial charge in [0.05, 0.1) is 0 Å². The Balaban J connectivity index is 1.97. The third kappa shape index (κ3) is 3.99. The highest BCUT2D eigenvalue weighted by Gasteiger charge is 2.33. The number of rotatable bonds is 6. The Morgan fingerprint density at radius 1 is 1.26 bits per heavy atom. The molecule has 1 aromatic rings. The summed E-state index contributed by atoms with van der Waals surface area (Å²) in [6, 6.07) is 9.22. The summed E-state index contributed by atoms with van der Waals surface area (Å²) in [5.41, 5.74) is 1.40. The second-order valence-electron chi connectivity index (χ2n) is 5.49. The molecule has 1 aliphatic carbocycles. The summed E-state index contributed by atoms with van der Waals surface area (Å²) in [5.74, 6) is 0. The third-order valence-electron chi connectivity index (χ3n) is 4.30. The van der Waals surface area contributed by atoms with Crippen LogP contribution in [0.3, 0.4) is 0 Å². The van der Waals surface area contributed by atoms with Crippen molar-refractivity contribution < 1.29 is 0 Å². The van der Waals surface area contributed by atoms with Crippen molar-refractivity contribution >= 4 is 27.7 Å². The van der Waals surface area contributed by atoms with Crippen LogP contribution in [0.2, 0.25) is 0 Å². The summed E-state index contributed by atoms with van der Waals surface area (Å²) < 4.78 is 1.64. The van der Waals surface area contributed by atoms with Crippen molar-refractivity contribution in [3.8, 4) is 0 Å². The molecule has 1 N–H and O–H groups in total. The summed E-state index contributed by atoms with van der Waals surface area (Å²) >= 11 is 5.57. The lowest BCUT2D eigenvalue weighted by atomic mass is 10.0. The first-order valence-electron chi connectivity index (χ1n) is 7.23. The van der Waals surface area contributed by atoms with Crippen molar-refractivity contribution in [1.29, 1.82) is 0 Å². The smallest absolute Gasteiger partial charge is 0.0318 e. The Morgan fingerprint density at radius 3 is 2.42 bits per heavy atom. The number of thioether (sulfide) groups is 1. The highest BCUT2D eigenvalue weighted by molar-refractivity contribution is 9.10. The summed E-state index contributed by atoms with van der Waals surface area (Å²) in [5, 5.41) is 3.80. The fourth-order valence-electron chi connectivity index (χ4n) is 2.97. The predicted octanol–water partition coefficient (Wildman–Crippen LogP) is 5.17. The molecular weight excluding hydrogens is 318 g/mol. The Hall–Kier alpha value is 0.01000. The van der Waals surface area contributed by atoms with Gasteiger partial charge in [-0.25, -0.2) is 0 Å². The van der Waals surface area contributed by atoms with E-state index < -0.39 is 0 Å². The van der Waals surface area contributed by atoms with Gasteiger partial charge in [-0.3, -0.25) is 0 Å². The fourth-order valence-corrected chi connectivity index (χ4v) is 4.16. The van der Waals surface area contributed by atoms with Crippen molar-refractivity contribution in [3.05, 3.63) is 34.3 Å². The van der Waals surface area contributed by atoms with Crippen LogP contribution in [-0.4, -0.2) is 17.5 Å². The molecule has 1 aromatic carbocycles. The maximum atomic E-state index is 3.80. The first-order valence-corrected chi connectivity index (χ1v) is 9.25. The summed E-state index contributed by atoms with van der Waals surface area (Å²) in [7, 11) is 0. The van der Waals surface area contributed by atoms with Gasteiger partial charge in [-0.05, 0) is 43.2 Å². The van der Waals surface area contributed by atoms with Gasteiger partial charge in [0.2, 0.25) is 0 Å². The first kappa shape index (κ1) is 15.4. The molecule has 1 nitrogen and oxygen atoms in total. The zero-order chi connectivity index (χ0) is 13.7. The maximum absolute atomic E-state index is 3.80. The van der Waals surface area contributed by atoms with Crippen LogP contribution in [0.5, 0.6) is 0 Å². The monoisotopic (exact) mass is 341 g/mol. The number of hydrogen-bond acceptors (Lipinski definition) is 2. The van der Waals surface area contributed by atoms with E-state index in [1.165, 1.54) is 31.2 Å². The average molecular weight is 342 g/mol. The molecule has 1 unspecified atom stereocenters. The number of hydrogen-bond donors (Lipinski definition) is 1. The SMILES string of the molecule is CCC(NCC1(SC)CCCC1)c1ccc(Br)cc1. The molecule has 0 radical (unpaired) electrons. The van der Waals surface area contributed by atoms with Gasteiger partial charge in [0, 0.05) is 21.8 Å². The van der Waals surface area contributed by atoms with Gasteiger partial charge in [0.15, 0.2) is 0 Å². The van der Waals surface area contributed by atoms with Gasteiger partial charge in [-0.1, -0.05) is 47.8 Å². The van der Waals surface area contributed by atoms with Crippen LogP contribution in [0, 0.1) is 0 Å². The van der Waals surface area contributed by atoms with Crippen LogP contribution >= 0.6 is 27.7 Å². The lowest BCUT2D eigenvalue weighted by Gasteiger charge is -2.30. The molecule has 0 saturated heterocycles. The lowest BCUT2D eigenvalue weighted by Crippen LogP contribution is -2.37. The Bertz CT molecular complexity index is 384. The van der Waals surface area contributed by atoms with E-state index in [1.54, 1.807) is 0 Å². The van der Waals surface area contributed by atoms with Gasteiger partial charge < -0.3 is 5.32 Å². The quantitative estimate of drug-likeness (QED) is 0.766. The first-order chi connectivity index (χ1) is 9.19. The molecule has 1 fully saturated rings. The van der Waals surface area contributed by atoms with E-state index in [0.717, 1.165) is 17.4 Å². The predicted molar refractivity (Wildman–Crippen MR) is 89.9 cm³/mol. The van der Waals surface area contributed by atoms with Gasteiger partial charge in [0.1, 0.15) is 0 Å². The van der Waals surface area contributed by atoms with Crippen LogP contribution in [0.25, 0.3) is 0 Å². The molecule has 0 spiro atoms.